The van der Waals surface area contributed by atoms with Crippen molar-refractivity contribution in [3.05, 3.63) is 77.0 Å². The molecule has 1 aliphatic heterocycles. The van der Waals surface area contributed by atoms with E-state index in [4.69, 9.17) is 9.72 Å². The lowest BCUT2D eigenvalue weighted by Crippen LogP contribution is -2.28. The fraction of sp³-hybridized carbons (Fsp3) is 0.192. The monoisotopic (exact) mass is 452 g/mol. The van der Waals surface area contributed by atoms with E-state index in [0.29, 0.717) is 12.1 Å². The van der Waals surface area contributed by atoms with Crippen LogP contribution in [0.15, 0.2) is 65.8 Å². The number of fused-ring (bicyclic) bond motifs is 3. The third-order valence-corrected chi connectivity index (χ3v) is 6.29. The minimum Gasteiger partial charge on any atom is -0.489 e. The lowest BCUT2D eigenvalue weighted by molar-refractivity contribution is 0.311. The molecular formula is C26H24N6O2. The zero-order valence-electron chi connectivity index (χ0n) is 19.0. The lowest BCUT2D eigenvalue weighted by atomic mass is 10.1. The molecule has 170 valence electrons. The van der Waals surface area contributed by atoms with Crippen molar-refractivity contribution >= 4 is 33.7 Å². The summed E-state index contributed by atoms with van der Waals surface area (Å²) in [6, 6.07) is 14.0. The van der Waals surface area contributed by atoms with E-state index >= 15 is 0 Å². The highest BCUT2D eigenvalue weighted by atomic mass is 16.5. The number of aryl methyl sites for hydroxylation is 1. The van der Waals surface area contributed by atoms with E-state index in [1.54, 1.807) is 0 Å². The van der Waals surface area contributed by atoms with Gasteiger partial charge in [-0.05, 0) is 42.3 Å². The molecule has 3 aromatic heterocycles. The fourth-order valence-electron chi connectivity index (χ4n) is 4.49. The SMILES string of the molecule is CCc1ccn2cc(-c3ccc4ncc(=O)[nH]c4c3)nc(Nc3ccc4c(c3)OCCN4C)c12. The van der Waals surface area contributed by atoms with E-state index in [0.717, 1.165) is 58.2 Å². The number of nitrogens with one attached hydrogen (secondary N) is 2. The molecule has 0 atom stereocenters. The van der Waals surface area contributed by atoms with Gasteiger partial charge in [0.05, 0.1) is 40.7 Å². The lowest BCUT2D eigenvalue weighted by Gasteiger charge is -2.28. The van der Waals surface area contributed by atoms with Gasteiger partial charge in [-0.15, -0.1) is 0 Å². The van der Waals surface area contributed by atoms with Crippen LogP contribution in [0.4, 0.5) is 17.2 Å². The summed E-state index contributed by atoms with van der Waals surface area (Å²) in [5, 5.41) is 3.53. The molecule has 0 aliphatic carbocycles. The largest absolute Gasteiger partial charge is 0.489 e. The summed E-state index contributed by atoms with van der Waals surface area (Å²) in [7, 11) is 2.07. The van der Waals surface area contributed by atoms with Crippen LogP contribution >= 0.6 is 0 Å². The first-order valence-electron chi connectivity index (χ1n) is 11.3. The maximum absolute atomic E-state index is 11.8. The Kier molecular flexibility index (Phi) is 4.72. The van der Waals surface area contributed by atoms with E-state index in [-0.39, 0.29) is 5.56 Å². The number of ether oxygens (including phenoxy) is 1. The number of nitrogens with zero attached hydrogens (tertiary/aromatic N) is 4. The molecule has 0 unspecified atom stereocenters. The van der Waals surface area contributed by atoms with Gasteiger partial charge in [0.25, 0.3) is 5.56 Å². The van der Waals surface area contributed by atoms with Crippen LogP contribution in [0.3, 0.4) is 0 Å². The third kappa shape index (κ3) is 3.44. The first-order chi connectivity index (χ1) is 16.6. The second-order valence-electron chi connectivity index (χ2n) is 8.48. The Hall–Kier alpha value is -4.33. The highest BCUT2D eigenvalue weighted by Crippen LogP contribution is 2.35. The van der Waals surface area contributed by atoms with Crippen molar-refractivity contribution in [2.45, 2.75) is 13.3 Å². The quantitative estimate of drug-likeness (QED) is 0.421. The molecule has 0 fully saturated rings. The number of benzene rings is 2. The van der Waals surface area contributed by atoms with Crippen LogP contribution in [-0.4, -0.2) is 39.6 Å². The highest BCUT2D eigenvalue weighted by molar-refractivity contribution is 5.83. The van der Waals surface area contributed by atoms with E-state index in [9.17, 15) is 4.79 Å². The van der Waals surface area contributed by atoms with Gasteiger partial charge in [0.15, 0.2) is 5.82 Å². The van der Waals surface area contributed by atoms with Crippen LogP contribution in [0.2, 0.25) is 0 Å². The molecule has 4 heterocycles. The van der Waals surface area contributed by atoms with Crippen LogP contribution < -0.4 is 20.5 Å². The van der Waals surface area contributed by atoms with Crippen LogP contribution in [-0.2, 0) is 6.42 Å². The molecule has 0 amide bonds. The van der Waals surface area contributed by atoms with Gasteiger partial charge in [0.2, 0.25) is 0 Å². The van der Waals surface area contributed by atoms with E-state index in [2.05, 4.69) is 63.0 Å². The fourth-order valence-corrected chi connectivity index (χ4v) is 4.49. The zero-order valence-corrected chi connectivity index (χ0v) is 19.0. The molecule has 2 aromatic carbocycles. The Morgan fingerprint density at radius 2 is 2.09 bits per heavy atom. The average molecular weight is 453 g/mol. The number of hydrogen-bond donors (Lipinski definition) is 2. The topological polar surface area (TPSA) is 87.5 Å². The average Bonchev–Trinajstić information content (AvgIpc) is 3.27. The van der Waals surface area contributed by atoms with Gasteiger partial charge in [-0.3, -0.25) is 4.79 Å². The van der Waals surface area contributed by atoms with E-state index in [1.165, 1.54) is 11.8 Å². The predicted molar refractivity (Wildman–Crippen MR) is 134 cm³/mol. The van der Waals surface area contributed by atoms with Gasteiger partial charge < -0.3 is 24.3 Å². The molecule has 0 saturated carbocycles. The van der Waals surface area contributed by atoms with Crippen molar-refractivity contribution in [1.29, 1.82) is 0 Å². The first kappa shape index (κ1) is 20.3. The van der Waals surface area contributed by atoms with Crippen molar-refractivity contribution in [3.63, 3.8) is 0 Å². The summed E-state index contributed by atoms with van der Waals surface area (Å²) in [4.78, 5) is 26.0. The number of rotatable bonds is 4. The molecule has 2 N–H and O–H groups in total. The minimum absolute atomic E-state index is 0.228. The number of aromatic nitrogens is 4. The summed E-state index contributed by atoms with van der Waals surface area (Å²) in [5.74, 6) is 1.63. The number of aromatic amines is 1. The van der Waals surface area contributed by atoms with Crippen LogP contribution in [0.25, 0.3) is 27.8 Å². The Balaban J connectivity index is 1.47. The molecule has 6 rings (SSSR count). The van der Waals surface area contributed by atoms with Crippen LogP contribution in [0.1, 0.15) is 12.5 Å². The van der Waals surface area contributed by atoms with Gasteiger partial charge in [-0.1, -0.05) is 13.0 Å². The predicted octanol–water partition coefficient (Wildman–Crippen LogP) is 4.37. The molecule has 0 spiro atoms. The van der Waals surface area contributed by atoms with Crippen molar-refractivity contribution in [3.8, 4) is 17.0 Å². The van der Waals surface area contributed by atoms with Crippen LogP contribution in [0, 0.1) is 0 Å². The normalized spacial score (nSPS) is 13.2. The zero-order chi connectivity index (χ0) is 23.2. The molecule has 8 nitrogen and oxygen atoms in total. The number of H-pyrrole nitrogens is 1. The van der Waals surface area contributed by atoms with Gasteiger partial charge in [-0.2, -0.15) is 0 Å². The Morgan fingerprint density at radius 1 is 1.18 bits per heavy atom. The van der Waals surface area contributed by atoms with Crippen molar-refractivity contribution in [2.75, 3.05) is 30.4 Å². The Bertz CT molecular complexity index is 1600. The van der Waals surface area contributed by atoms with Crippen LogP contribution in [0.5, 0.6) is 5.75 Å². The number of anilines is 3. The Labute approximate surface area is 195 Å². The van der Waals surface area contributed by atoms with Gasteiger partial charge >= 0.3 is 0 Å². The number of hydrogen-bond acceptors (Lipinski definition) is 6. The van der Waals surface area contributed by atoms with Gasteiger partial charge in [-0.25, -0.2) is 9.97 Å². The van der Waals surface area contributed by atoms with E-state index < -0.39 is 0 Å². The van der Waals surface area contributed by atoms with Crippen molar-refractivity contribution in [2.24, 2.45) is 0 Å². The summed E-state index contributed by atoms with van der Waals surface area (Å²) >= 11 is 0. The summed E-state index contributed by atoms with van der Waals surface area (Å²) in [6.07, 6.45) is 6.26. The van der Waals surface area contributed by atoms with Crippen molar-refractivity contribution < 1.29 is 4.74 Å². The molecule has 5 aromatic rings. The standard InChI is InChI=1S/C26H24N6O2/c1-3-16-8-9-32-15-21(17-4-6-19-20(12-17)29-24(33)14-27-19)30-26(25(16)32)28-18-5-7-22-23(13-18)34-11-10-31(22)2/h4-9,12-15H,3,10-11H2,1-2H3,(H,28,30)(H,29,33). The smallest absolute Gasteiger partial charge is 0.266 e. The molecule has 34 heavy (non-hydrogen) atoms. The molecule has 0 radical (unpaired) electrons. The second kappa shape index (κ2) is 7.91. The van der Waals surface area contributed by atoms with Gasteiger partial charge in [0.1, 0.15) is 12.4 Å². The Morgan fingerprint density at radius 3 is 2.97 bits per heavy atom. The third-order valence-electron chi connectivity index (χ3n) is 6.29. The first-order valence-corrected chi connectivity index (χ1v) is 11.3. The summed E-state index contributed by atoms with van der Waals surface area (Å²) in [6.45, 7) is 3.69. The summed E-state index contributed by atoms with van der Waals surface area (Å²) < 4.78 is 7.99. The van der Waals surface area contributed by atoms with Crippen molar-refractivity contribution in [1.82, 2.24) is 19.4 Å². The maximum Gasteiger partial charge on any atom is 0.266 e. The minimum atomic E-state index is -0.228. The van der Waals surface area contributed by atoms with Gasteiger partial charge in [0, 0.05) is 36.8 Å². The molecule has 0 saturated heterocycles. The molecular weight excluding hydrogens is 428 g/mol. The maximum atomic E-state index is 11.8. The highest BCUT2D eigenvalue weighted by Gasteiger charge is 2.17. The number of likely N-dealkylation sites (N-methyl/N-ethyl adjacent to an activating group) is 1. The molecule has 8 heteroatoms. The van der Waals surface area contributed by atoms with E-state index in [1.807, 2.05) is 30.5 Å². The summed E-state index contributed by atoms with van der Waals surface area (Å²) in [5.41, 5.74) is 7.11. The molecule has 0 bridgehead atoms. The second-order valence-corrected chi connectivity index (χ2v) is 8.48. The molecule has 1 aliphatic rings.